The smallest absolute Gasteiger partial charge is 0.201 e. The van der Waals surface area contributed by atoms with Crippen LogP contribution in [0.4, 0.5) is 0 Å². The molecule has 0 spiro atoms. The molecule has 3 aromatic rings. The summed E-state index contributed by atoms with van der Waals surface area (Å²) in [6.45, 7) is 6.51. The number of fused-ring (bicyclic) bond motifs is 3. The average molecular weight is 331 g/mol. The van der Waals surface area contributed by atoms with Crippen LogP contribution in [0, 0.1) is 20.7 Å². The molecule has 0 amide bonds. The van der Waals surface area contributed by atoms with Crippen LogP contribution in [0.3, 0.4) is 0 Å². The van der Waals surface area contributed by atoms with Crippen LogP contribution >= 0.6 is 0 Å². The summed E-state index contributed by atoms with van der Waals surface area (Å²) >= 11 is 0. The third kappa shape index (κ3) is 2.18. The van der Waals surface area contributed by atoms with Crippen molar-refractivity contribution in [1.82, 2.24) is 0 Å². The second-order valence-electron chi connectivity index (χ2n) is 7.74. The molecule has 0 unspecified atom stereocenters. The second-order valence-corrected chi connectivity index (χ2v) is 7.74. The molecule has 1 aromatic heterocycles. The first-order valence-corrected chi connectivity index (χ1v) is 8.78. The van der Waals surface area contributed by atoms with Gasteiger partial charge in [0.25, 0.3) is 0 Å². The van der Waals surface area contributed by atoms with Crippen molar-refractivity contribution in [2.45, 2.75) is 40.0 Å². The minimum Gasteiger partial charge on any atom is -0.201 e. The average Bonchev–Trinajstić information content (AvgIpc) is 2.83. The highest BCUT2D eigenvalue weighted by molar-refractivity contribution is 5.89. The highest BCUT2D eigenvalue weighted by Gasteiger charge is 2.40. The largest absolute Gasteiger partial charge is 0.212 e. The van der Waals surface area contributed by atoms with E-state index < -0.39 is 6.85 Å². The van der Waals surface area contributed by atoms with Crippen LogP contribution < -0.4 is 4.57 Å². The van der Waals surface area contributed by atoms with E-state index in [1.165, 1.54) is 22.3 Å². The number of pyridine rings is 1. The van der Waals surface area contributed by atoms with E-state index in [2.05, 4.69) is 75.8 Å². The first-order chi connectivity index (χ1) is 13.0. The van der Waals surface area contributed by atoms with Crippen LogP contribution in [0.2, 0.25) is 0 Å². The van der Waals surface area contributed by atoms with Gasteiger partial charge >= 0.3 is 0 Å². The van der Waals surface area contributed by atoms with Crippen molar-refractivity contribution in [3.8, 4) is 22.4 Å². The van der Waals surface area contributed by atoms with Crippen molar-refractivity contribution in [3.05, 3.63) is 76.5 Å². The number of rotatable bonds is 1. The Labute approximate surface area is 155 Å². The third-order valence-corrected chi connectivity index (χ3v) is 5.58. The predicted octanol–water partition coefficient (Wildman–Crippen LogP) is 5.41. The zero-order chi connectivity index (χ0) is 20.4. The minimum atomic E-state index is -2.14. The molecule has 1 heteroatoms. The summed E-state index contributed by atoms with van der Waals surface area (Å²) in [7, 11) is 2.07. The monoisotopic (exact) mass is 331 g/mol. The van der Waals surface area contributed by atoms with Gasteiger partial charge in [-0.25, -0.2) is 4.57 Å². The minimum absolute atomic E-state index is 0.273. The predicted molar refractivity (Wildman–Crippen MR) is 105 cm³/mol. The van der Waals surface area contributed by atoms with Crippen molar-refractivity contribution >= 4 is 0 Å². The summed E-state index contributed by atoms with van der Waals surface area (Å²) in [5.41, 5.74) is 9.19. The number of aromatic nitrogens is 1. The Morgan fingerprint density at radius 3 is 2.44 bits per heavy atom. The van der Waals surface area contributed by atoms with Crippen molar-refractivity contribution in [3.63, 3.8) is 0 Å². The molecule has 1 nitrogen and oxygen atoms in total. The lowest BCUT2D eigenvalue weighted by atomic mass is 9.78. The number of hydrogen-bond donors (Lipinski definition) is 0. The van der Waals surface area contributed by atoms with E-state index in [1.54, 1.807) is 6.07 Å². The van der Waals surface area contributed by atoms with Crippen LogP contribution in [0.15, 0.2) is 48.7 Å². The van der Waals surface area contributed by atoms with Gasteiger partial charge in [0.1, 0.15) is 7.05 Å². The van der Waals surface area contributed by atoms with E-state index in [4.69, 9.17) is 4.11 Å². The second kappa shape index (κ2) is 5.29. The van der Waals surface area contributed by atoms with Crippen molar-refractivity contribution < 1.29 is 8.68 Å². The lowest BCUT2D eigenvalue weighted by Gasteiger charge is -2.24. The number of benzene rings is 2. The summed E-state index contributed by atoms with van der Waals surface area (Å²) in [5.74, 6) is 0. The van der Waals surface area contributed by atoms with E-state index in [1.807, 2.05) is 6.07 Å². The molecule has 0 radical (unpaired) electrons. The van der Waals surface area contributed by atoms with Gasteiger partial charge in [0.15, 0.2) is 6.20 Å². The van der Waals surface area contributed by atoms with Gasteiger partial charge in [-0.1, -0.05) is 44.2 Å². The fourth-order valence-corrected chi connectivity index (χ4v) is 4.40. The topological polar surface area (TPSA) is 3.88 Å². The van der Waals surface area contributed by atoms with E-state index in [0.717, 1.165) is 22.4 Å². The fraction of sp³-hybridized carbons (Fsp3) is 0.292. The van der Waals surface area contributed by atoms with E-state index in [9.17, 15) is 0 Å². The van der Waals surface area contributed by atoms with Gasteiger partial charge in [0.05, 0.1) is 5.56 Å². The summed E-state index contributed by atoms with van der Waals surface area (Å²) in [4.78, 5) is 0. The molecule has 2 aromatic carbocycles. The SMILES string of the molecule is [2H]C([2H])([2H])c1cccc2c1-c1ccc(C)c(-c3ccc(C)c[n+]3C)c1C2(C)C. The Morgan fingerprint density at radius 2 is 1.72 bits per heavy atom. The molecule has 25 heavy (non-hydrogen) atoms. The maximum atomic E-state index is 8.06. The van der Waals surface area contributed by atoms with E-state index >= 15 is 0 Å². The molecule has 0 N–H and O–H groups in total. The number of nitrogens with zero attached hydrogens (tertiary/aromatic N) is 1. The molecule has 0 bridgehead atoms. The Kier molecular flexibility index (Phi) is 2.73. The highest BCUT2D eigenvalue weighted by atomic mass is 14.9. The summed E-state index contributed by atoms with van der Waals surface area (Å²) in [5, 5.41) is 0. The van der Waals surface area contributed by atoms with Gasteiger partial charge < -0.3 is 0 Å². The molecule has 4 rings (SSSR count). The lowest BCUT2D eigenvalue weighted by molar-refractivity contribution is -0.660. The molecule has 0 saturated heterocycles. The number of aryl methyl sites for hydroxylation is 4. The molecule has 1 aliphatic rings. The van der Waals surface area contributed by atoms with Crippen LogP contribution in [-0.2, 0) is 12.5 Å². The lowest BCUT2D eigenvalue weighted by Crippen LogP contribution is -2.32. The summed E-state index contributed by atoms with van der Waals surface area (Å²) in [6, 6.07) is 14.2. The Morgan fingerprint density at radius 1 is 0.920 bits per heavy atom. The molecule has 0 fully saturated rings. The standard InChI is InChI=1S/C24H26N/c1-15-10-13-20(25(6)14-15)22-17(3)11-12-18-21-16(2)8-7-9-19(21)24(4,5)23(18)22/h7-14H,1-6H3/q+1/i2D3. The first-order valence-electron chi connectivity index (χ1n) is 10.3. The van der Waals surface area contributed by atoms with Gasteiger partial charge in [-0.05, 0) is 60.1 Å². The van der Waals surface area contributed by atoms with Crippen molar-refractivity contribution in [1.29, 1.82) is 0 Å². The van der Waals surface area contributed by atoms with Gasteiger partial charge in [-0.15, -0.1) is 0 Å². The molecule has 1 heterocycles. The molecule has 1 aliphatic carbocycles. The molecule has 0 aliphatic heterocycles. The third-order valence-electron chi connectivity index (χ3n) is 5.58. The summed E-state index contributed by atoms with van der Waals surface area (Å²) in [6.07, 6.45) is 2.14. The Balaban J connectivity index is 2.12. The van der Waals surface area contributed by atoms with Crippen LogP contribution in [0.5, 0.6) is 0 Å². The normalized spacial score (nSPS) is 16.6. The Hall–Kier alpha value is -2.41. The van der Waals surface area contributed by atoms with E-state index in [0.29, 0.717) is 5.56 Å². The number of hydrogen-bond acceptors (Lipinski definition) is 0. The molecular formula is C24H26N+. The van der Waals surface area contributed by atoms with E-state index in [-0.39, 0.29) is 5.41 Å². The van der Waals surface area contributed by atoms with Crippen molar-refractivity contribution in [2.75, 3.05) is 0 Å². The highest BCUT2D eigenvalue weighted by Crippen LogP contribution is 2.53. The fourth-order valence-electron chi connectivity index (χ4n) is 4.40. The molecule has 126 valence electrons. The molecule has 0 saturated carbocycles. The molecular weight excluding hydrogens is 302 g/mol. The van der Waals surface area contributed by atoms with Crippen LogP contribution in [0.25, 0.3) is 22.4 Å². The van der Waals surface area contributed by atoms with Crippen LogP contribution in [-0.4, -0.2) is 0 Å². The van der Waals surface area contributed by atoms with Crippen LogP contribution in [0.1, 0.15) is 45.8 Å². The van der Waals surface area contributed by atoms with Gasteiger partial charge in [-0.3, -0.25) is 0 Å². The molecule has 0 atom stereocenters. The maximum absolute atomic E-state index is 8.06. The summed E-state index contributed by atoms with van der Waals surface area (Å²) < 4.78 is 26.3. The quantitative estimate of drug-likeness (QED) is 0.525. The van der Waals surface area contributed by atoms with Crippen molar-refractivity contribution in [2.24, 2.45) is 7.05 Å². The van der Waals surface area contributed by atoms with Gasteiger partial charge in [0, 0.05) is 21.2 Å². The first kappa shape index (κ1) is 12.9. The van der Waals surface area contributed by atoms with Gasteiger partial charge in [-0.2, -0.15) is 0 Å². The Bertz CT molecular complexity index is 1110. The maximum Gasteiger partial charge on any atom is 0.212 e. The van der Waals surface area contributed by atoms with Gasteiger partial charge in [0.2, 0.25) is 5.69 Å². The zero-order valence-electron chi connectivity index (χ0n) is 18.6. The zero-order valence-corrected chi connectivity index (χ0v) is 15.6.